The number of nitrogens with one attached hydrogen (secondary N) is 1. The quantitative estimate of drug-likeness (QED) is 0.601. The Morgan fingerprint density at radius 1 is 0.926 bits per heavy atom. The van der Waals surface area contributed by atoms with Crippen molar-refractivity contribution in [2.75, 3.05) is 11.9 Å². The van der Waals surface area contributed by atoms with Crippen LogP contribution in [0.5, 0.6) is 0 Å². The zero-order valence-electron chi connectivity index (χ0n) is 14.5. The molecule has 0 saturated heterocycles. The summed E-state index contributed by atoms with van der Waals surface area (Å²) in [7, 11) is 0. The summed E-state index contributed by atoms with van der Waals surface area (Å²) in [4.78, 5) is 24.5. The number of nitrogens with zero attached hydrogens (tertiary/aromatic N) is 2. The highest BCUT2D eigenvalue weighted by Gasteiger charge is 2.08. The maximum absolute atomic E-state index is 12.4. The Labute approximate surface area is 155 Å². The van der Waals surface area contributed by atoms with E-state index in [2.05, 4.69) is 10.4 Å². The Balaban J connectivity index is 1.41. The van der Waals surface area contributed by atoms with E-state index in [0.717, 1.165) is 16.2 Å². The topological polar surface area (TPSA) is 73.2 Å². The maximum atomic E-state index is 12.4. The minimum atomic E-state index is -0.569. The van der Waals surface area contributed by atoms with Gasteiger partial charge in [-0.2, -0.15) is 5.10 Å². The molecule has 0 radical (unpaired) electrons. The lowest BCUT2D eigenvalue weighted by Crippen LogP contribution is -2.26. The number of hydrogen-bond acceptors (Lipinski definition) is 4. The molecule has 27 heavy (non-hydrogen) atoms. The predicted octanol–water partition coefficient (Wildman–Crippen LogP) is 3.80. The molecule has 134 valence electrons. The van der Waals surface area contributed by atoms with E-state index in [0.29, 0.717) is 11.1 Å². The van der Waals surface area contributed by atoms with Crippen molar-refractivity contribution in [2.24, 2.45) is 0 Å². The van der Waals surface area contributed by atoms with Gasteiger partial charge in [0, 0.05) is 10.8 Å². The first-order valence-electron chi connectivity index (χ1n) is 8.59. The Kier molecular flexibility index (Phi) is 4.53. The lowest BCUT2D eigenvalue weighted by atomic mass is 10.1. The third kappa shape index (κ3) is 3.50. The Morgan fingerprint density at radius 2 is 1.63 bits per heavy atom. The highest BCUT2D eigenvalue weighted by molar-refractivity contribution is 6.00. The third-order valence-corrected chi connectivity index (χ3v) is 4.32. The number of ether oxygens (including phenoxy) is 1. The number of aromatic nitrogens is 2. The molecule has 4 rings (SSSR count). The van der Waals surface area contributed by atoms with Gasteiger partial charge in [-0.15, -0.1) is 0 Å². The van der Waals surface area contributed by atoms with Crippen LogP contribution in [0.15, 0.2) is 77.7 Å². The standard InChI is InChI=1S/C21H17N3O3/c25-20-18-10-4-2-7-16(18)14-22-24(20)12-13-27-21(26)23-19-11-5-8-15-6-1-3-9-17(15)19/h1-11,14H,12-13H2,(H,23,26). The molecule has 0 unspecified atom stereocenters. The largest absolute Gasteiger partial charge is 0.447 e. The van der Waals surface area contributed by atoms with Crippen LogP contribution in [0.1, 0.15) is 0 Å². The summed E-state index contributed by atoms with van der Waals surface area (Å²) >= 11 is 0. The van der Waals surface area contributed by atoms with Gasteiger partial charge in [-0.25, -0.2) is 9.48 Å². The van der Waals surface area contributed by atoms with Gasteiger partial charge in [0.15, 0.2) is 0 Å². The molecule has 6 heteroatoms. The number of rotatable bonds is 4. The van der Waals surface area contributed by atoms with Crippen LogP contribution in [-0.2, 0) is 11.3 Å². The van der Waals surface area contributed by atoms with E-state index in [1.807, 2.05) is 60.7 Å². The molecule has 0 aliphatic carbocycles. The highest BCUT2D eigenvalue weighted by atomic mass is 16.5. The van der Waals surface area contributed by atoms with Crippen molar-refractivity contribution in [3.8, 4) is 0 Å². The lowest BCUT2D eigenvalue weighted by Gasteiger charge is -2.10. The van der Waals surface area contributed by atoms with Crippen LogP contribution in [0.2, 0.25) is 0 Å². The fourth-order valence-corrected chi connectivity index (χ4v) is 2.99. The van der Waals surface area contributed by atoms with Gasteiger partial charge in [0.05, 0.1) is 23.8 Å². The third-order valence-electron chi connectivity index (χ3n) is 4.32. The Hall–Kier alpha value is -3.67. The first kappa shape index (κ1) is 16.8. The molecule has 0 aliphatic rings. The smallest absolute Gasteiger partial charge is 0.411 e. The molecule has 1 aromatic heterocycles. The minimum Gasteiger partial charge on any atom is -0.447 e. The van der Waals surface area contributed by atoms with Gasteiger partial charge in [-0.05, 0) is 17.5 Å². The highest BCUT2D eigenvalue weighted by Crippen LogP contribution is 2.22. The average Bonchev–Trinajstić information content (AvgIpc) is 2.70. The van der Waals surface area contributed by atoms with E-state index in [1.54, 1.807) is 12.3 Å². The molecule has 0 fully saturated rings. The van der Waals surface area contributed by atoms with Crippen LogP contribution < -0.4 is 10.9 Å². The minimum absolute atomic E-state index is 0.0435. The number of fused-ring (bicyclic) bond motifs is 2. The number of carbonyl (C=O) groups is 1. The predicted molar refractivity (Wildman–Crippen MR) is 105 cm³/mol. The number of anilines is 1. The summed E-state index contributed by atoms with van der Waals surface area (Å²) in [5.41, 5.74) is 0.477. The monoisotopic (exact) mass is 359 g/mol. The van der Waals surface area contributed by atoms with Gasteiger partial charge < -0.3 is 4.74 Å². The van der Waals surface area contributed by atoms with Gasteiger partial charge in [-0.3, -0.25) is 10.1 Å². The summed E-state index contributed by atoms with van der Waals surface area (Å²) in [6.07, 6.45) is 1.06. The second-order valence-corrected chi connectivity index (χ2v) is 6.05. The summed E-state index contributed by atoms with van der Waals surface area (Å²) < 4.78 is 6.52. The Morgan fingerprint density at radius 3 is 2.48 bits per heavy atom. The molecule has 4 aromatic rings. The zero-order valence-corrected chi connectivity index (χ0v) is 14.5. The van der Waals surface area contributed by atoms with E-state index in [4.69, 9.17) is 4.74 Å². The van der Waals surface area contributed by atoms with Crippen LogP contribution >= 0.6 is 0 Å². The van der Waals surface area contributed by atoms with Gasteiger partial charge in [0.2, 0.25) is 0 Å². The van der Waals surface area contributed by atoms with Crippen LogP contribution in [0, 0.1) is 0 Å². The summed E-state index contributed by atoms with van der Waals surface area (Å²) in [5.74, 6) is 0. The van der Waals surface area contributed by atoms with E-state index in [-0.39, 0.29) is 18.7 Å². The summed E-state index contributed by atoms with van der Waals surface area (Å²) in [5, 5.41) is 10.2. The summed E-state index contributed by atoms with van der Waals surface area (Å²) in [6, 6.07) is 20.7. The normalized spacial score (nSPS) is 10.8. The van der Waals surface area contributed by atoms with E-state index < -0.39 is 6.09 Å². The van der Waals surface area contributed by atoms with Gasteiger partial charge in [0.1, 0.15) is 6.61 Å². The molecule has 0 aliphatic heterocycles. The zero-order chi connectivity index (χ0) is 18.6. The lowest BCUT2D eigenvalue weighted by molar-refractivity contribution is 0.155. The van der Waals surface area contributed by atoms with Gasteiger partial charge >= 0.3 is 6.09 Å². The van der Waals surface area contributed by atoms with E-state index in [1.165, 1.54) is 4.68 Å². The number of carbonyl (C=O) groups excluding carboxylic acids is 1. The van der Waals surface area contributed by atoms with Crippen molar-refractivity contribution in [1.82, 2.24) is 9.78 Å². The summed E-state index contributed by atoms with van der Waals surface area (Å²) in [6.45, 7) is 0.231. The number of hydrogen-bond donors (Lipinski definition) is 1. The second kappa shape index (κ2) is 7.29. The van der Waals surface area contributed by atoms with Gasteiger partial charge in [0.25, 0.3) is 5.56 Å². The van der Waals surface area contributed by atoms with Crippen LogP contribution in [0.3, 0.4) is 0 Å². The van der Waals surface area contributed by atoms with Gasteiger partial charge in [-0.1, -0.05) is 54.6 Å². The number of benzene rings is 3. The average molecular weight is 359 g/mol. The molecule has 6 nitrogen and oxygen atoms in total. The molecule has 1 amide bonds. The molecule has 1 heterocycles. The molecule has 0 spiro atoms. The molecule has 0 atom stereocenters. The van der Waals surface area contributed by atoms with E-state index >= 15 is 0 Å². The Bertz CT molecular complexity index is 1180. The first-order chi connectivity index (χ1) is 13.2. The molecular weight excluding hydrogens is 342 g/mol. The van der Waals surface area contributed by atoms with Crippen LogP contribution in [-0.4, -0.2) is 22.5 Å². The van der Waals surface area contributed by atoms with Crippen molar-refractivity contribution in [3.05, 3.63) is 83.3 Å². The maximum Gasteiger partial charge on any atom is 0.411 e. The van der Waals surface area contributed by atoms with Crippen molar-refractivity contribution >= 4 is 33.3 Å². The fourth-order valence-electron chi connectivity index (χ4n) is 2.99. The molecule has 0 bridgehead atoms. The first-order valence-corrected chi connectivity index (χ1v) is 8.59. The molecule has 3 aromatic carbocycles. The number of amides is 1. The molecule has 0 saturated carbocycles. The second-order valence-electron chi connectivity index (χ2n) is 6.05. The van der Waals surface area contributed by atoms with Crippen molar-refractivity contribution in [2.45, 2.75) is 6.54 Å². The SMILES string of the molecule is O=C(Nc1cccc2ccccc12)OCCn1ncc2ccccc2c1=O. The fraction of sp³-hybridized carbons (Fsp3) is 0.0952. The van der Waals surface area contributed by atoms with Crippen molar-refractivity contribution < 1.29 is 9.53 Å². The molecule has 1 N–H and O–H groups in total. The van der Waals surface area contributed by atoms with Crippen molar-refractivity contribution in [3.63, 3.8) is 0 Å². The van der Waals surface area contributed by atoms with Crippen LogP contribution in [0.25, 0.3) is 21.5 Å². The van der Waals surface area contributed by atoms with Crippen LogP contribution in [0.4, 0.5) is 10.5 Å². The van der Waals surface area contributed by atoms with E-state index in [9.17, 15) is 9.59 Å². The molecular formula is C21H17N3O3. The van der Waals surface area contributed by atoms with Crippen molar-refractivity contribution in [1.29, 1.82) is 0 Å².